The van der Waals surface area contributed by atoms with Gasteiger partial charge in [-0.15, -0.1) is 0 Å². The molecule has 0 unspecified atom stereocenters. The molecule has 1 saturated carbocycles. The number of hydrogen-bond donors (Lipinski definition) is 4. The van der Waals surface area contributed by atoms with Crippen LogP contribution in [0.25, 0.3) is 0 Å². The smallest absolute Gasteiger partial charge is 0.339 e. The number of ether oxygens (including phenoxy) is 1. The van der Waals surface area contributed by atoms with E-state index in [9.17, 15) is 19.5 Å². The number of anilines is 2. The summed E-state index contributed by atoms with van der Waals surface area (Å²) in [7, 11) is 1.34. The van der Waals surface area contributed by atoms with Crippen molar-refractivity contribution < 1.29 is 28.6 Å². The minimum Gasteiger partial charge on any atom is -0.496 e. The van der Waals surface area contributed by atoms with Crippen molar-refractivity contribution in [2.24, 2.45) is 0 Å². The number of aromatic carboxylic acids is 1. The van der Waals surface area contributed by atoms with Crippen molar-refractivity contribution in [3.05, 3.63) is 87.2 Å². The molecule has 0 aromatic heterocycles. The quantitative estimate of drug-likeness (QED) is 0.276. The number of hydrogen-bond acceptors (Lipinski definition) is 5. The van der Waals surface area contributed by atoms with E-state index in [0.29, 0.717) is 29.1 Å². The number of carbonyl (C=O) groups is 3. The predicted octanol–water partition coefficient (Wildman–Crippen LogP) is 6.13. The Kier molecular flexibility index (Phi) is 7.15. The zero-order chi connectivity index (χ0) is 29.8. The maximum Gasteiger partial charge on any atom is 0.339 e. The van der Waals surface area contributed by atoms with E-state index in [2.05, 4.69) is 16.0 Å². The van der Waals surface area contributed by atoms with Gasteiger partial charge in [-0.25, -0.2) is 9.18 Å². The number of rotatable bonds is 5. The van der Waals surface area contributed by atoms with Crippen LogP contribution in [-0.2, 0) is 15.0 Å². The number of carboxylic acids is 1. The van der Waals surface area contributed by atoms with Crippen LogP contribution in [0.2, 0.25) is 10.0 Å². The normalized spacial score (nSPS) is 24.0. The first kappa shape index (κ1) is 28.5. The molecule has 0 radical (unpaired) electrons. The van der Waals surface area contributed by atoms with Crippen LogP contribution in [0.1, 0.15) is 59.5 Å². The Bertz CT molecular complexity index is 1630. The minimum atomic E-state index is -1.36. The molecule has 3 aromatic rings. The third kappa shape index (κ3) is 4.17. The molecular formula is C31H28Cl2FN3O5. The molecule has 1 aliphatic carbocycles. The molecule has 218 valence electrons. The lowest BCUT2D eigenvalue weighted by Crippen LogP contribution is -2.60. The van der Waals surface area contributed by atoms with Gasteiger partial charge in [-0.1, -0.05) is 60.7 Å². The summed E-state index contributed by atoms with van der Waals surface area (Å²) in [6.45, 7) is 0. The summed E-state index contributed by atoms with van der Waals surface area (Å²) in [6, 6.07) is 12.9. The fourth-order valence-electron chi connectivity index (χ4n) is 7.38. The van der Waals surface area contributed by atoms with Crippen LogP contribution in [0, 0.1) is 5.82 Å². The van der Waals surface area contributed by atoms with E-state index in [1.165, 1.54) is 31.4 Å². The van der Waals surface area contributed by atoms with Crippen LogP contribution < -0.4 is 20.7 Å². The van der Waals surface area contributed by atoms with E-state index in [4.69, 9.17) is 27.9 Å². The monoisotopic (exact) mass is 611 g/mol. The second-order valence-electron chi connectivity index (χ2n) is 11.0. The van der Waals surface area contributed by atoms with Gasteiger partial charge in [-0.05, 0) is 54.3 Å². The summed E-state index contributed by atoms with van der Waals surface area (Å²) in [6.07, 6.45) is 3.78. The van der Waals surface area contributed by atoms with Crippen molar-refractivity contribution in [1.29, 1.82) is 0 Å². The summed E-state index contributed by atoms with van der Waals surface area (Å²) >= 11 is 12.6. The van der Waals surface area contributed by atoms with Gasteiger partial charge in [0.15, 0.2) is 0 Å². The van der Waals surface area contributed by atoms with E-state index in [-0.39, 0.29) is 33.5 Å². The molecule has 2 aliphatic heterocycles. The average Bonchev–Trinajstić information content (AvgIpc) is 3.42. The zero-order valence-electron chi connectivity index (χ0n) is 22.6. The highest BCUT2D eigenvalue weighted by molar-refractivity contribution is 6.31. The van der Waals surface area contributed by atoms with Gasteiger partial charge in [0.05, 0.1) is 18.2 Å². The molecule has 2 fully saturated rings. The lowest BCUT2D eigenvalue weighted by Gasteiger charge is -2.47. The summed E-state index contributed by atoms with van der Waals surface area (Å²) in [5.74, 6) is -3.64. The molecular weight excluding hydrogens is 584 g/mol. The van der Waals surface area contributed by atoms with E-state index in [0.717, 1.165) is 19.3 Å². The molecule has 4 N–H and O–H groups in total. The second-order valence-corrected chi connectivity index (χ2v) is 11.9. The van der Waals surface area contributed by atoms with Crippen molar-refractivity contribution in [1.82, 2.24) is 5.32 Å². The lowest BCUT2D eigenvalue weighted by atomic mass is 9.55. The van der Waals surface area contributed by atoms with Gasteiger partial charge < -0.3 is 20.5 Å². The van der Waals surface area contributed by atoms with Crippen LogP contribution >= 0.6 is 23.2 Å². The van der Waals surface area contributed by atoms with E-state index >= 15 is 4.39 Å². The Hall–Kier alpha value is -3.66. The maximum absolute atomic E-state index is 16.0. The number of fused-ring (bicyclic) bond motifs is 3. The van der Waals surface area contributed by atoms with E-state index in [1.807, 2.05) is 0 Å². The number of amides is 2. The minimum absolute atomic E-state index is 0.0635. The number of halogens is 3. The highest BCUT2D eigenvalue weighted by Gasteiger charge is 2.72. The van der Waals surface area contributed by atoms with Crippen molar-refractivity contribution in [3.63, 3.8) is 0 Å². The van der Waals surface area contributed by atoms with Crippen LogP contribution in [0.4, 0.5) is 15.8 Å². The first-order valence-corrected chi connectivity index (χ1v) is 14.4. The van der Waals surface area contributed by atoms with Gasteiger partial charge in [0.1, 0.15) is 22.5 Å². The van der Waals surface area contributed by atoms with Crippen molar-refractivity contribution in [2.75, 3.05) is 17.7 Å². The number of carbonyl (C=O) groups excluding carboxylic acids is 2. The average molecular weight is 612 g/mol. The molecule has 1 saturated heterocycles. The Balaban J connectivity index is 1.54. The third-order valence-electron chi connectivity index (χ3n) is 9.00. The number of nitrogens with one attached hydrogen (secondary N) is 3. The molecule has 3 aromatic carbocycles. The summed E-state index contributed by atoms with van der Waals surface area (Å²) in [5.41, 5.74) is -0.677. The lowest BCUT2D eigenvalue weighted by molar-refractivity contribution is -0.124. The summed E-state index contributed by atoms with van der Waals surface area (Å²) < 4.78 is 21.2. The van der Waals surface area contributed by atoms with Crippen molar-refractivity contribution in [3.8, 4) is 5.75 Å². The van der Waals surface area contributed by atoms with Gasteiger partial charge in [0.2, 0.25) is 11.8 Å². The highest BCUT2D eigenvalue weighted by Crippen LogP contribution is 2.62. The standard InChI is InChI=1S/C31H28Cl2FN3O5/c1-42-23-15-17(9-10-18(23)28(39)40)35-27(38)26-24(19-6-5-7-21(33)25(19)34)31(30(37-26)12-3-2-4-13-30)20-11-8-16(32)14-22(20)36-29(31)41/h5-11,14-15,24,26,37H,2-4,12-13H2,1H3,(H,35,38)(H,36,41)(H,39,40)/t24-,26+,31+/m0/s1. The topological polar surface area (TPSA) is 117 Å². The second kappa shape index (κ2) is 10.6. The Morgan fingerprint density at radius 1 is 1.07 bits per heavy atom. The van der Waals surface area contributed by atoms with Crippen molar-refractivity contribution in [2.45, 2.75) is 55.0 Å². The molecule has 6 rings (SSSR count). The molecule has 2 amide bonds. The summed E-state index contributed by atoms with van der Waals surface area (Å²) in [5, 5.41) is 19.2. The van der Waals surface area contributed by atoms with Gasteiger partial charge >= 0.3 is 5.97 Å². The molecule has 0 bridgehead atoms. The molecule has 42 heavy (non-hydrogen) atoms. The molecule has 8 nitrogen and oxygen atoms in total. The van der Waals surface area contributed by atoms with Crippen LogP contribution in [0.3, 0.4) is 0 Å². The third-order valence-corrected chi connectivity index (χ3v) is 9.53. The first-order valence-electron chi connectivity index (χ1n) is 13.7. The molecule has 3 atom stereocenters. The Morgan fingerprint density at radius 2 is 1.83 bits per heavy atom. The van der Waals surface area contributed by atoms with Crippen LogP contribution in [0.5, 0.6) is 5.75 Å². The SMILES string of the molecule is COc1cc(NC(=O)[C@@H]2NC3(CCCCC3)[C@@]3(C(=O)Nc4cc(Cl)ccc43)[C@H]2c2cccc(Cl)c2F)ccc1C(=O)O. The molecule has 3 aliphatic rings. The number of methoxy groups -OCH3 is 1. The fourth-order valence-corrected chi connectivity index (χ4v) is 7.74. The largest absolute Gasteiger partial charge is 0.496 e. The van der Waals surface area contributed by atoms with Crippen molar-refractivity contribution >= 4 is 52.4 Å². The first-order chi connectivity index (χ1) is 20.1. The van der Waals surface area contributed by atoms with Gasteiger partial charge in [0, 0.05) is 33.9 Å². The Morgan fingerprint density at radius 3 is 2.55 bits per heavy atom. The van der Waals surface area contributed by atoms with Gasteiger partial charge in [0.25, 0.3) is 0 Å². The van der Waals surface area contributed by atoms with Crippen LogP contribution in [-0.4, -0.2) is 41.6 Å². The Labute approximate surface area is 251 Å². The fraction of sp³-hybridized carbons (Fsp3) is 0.323. The number of carboxylic acid groups (broad SMARTS) is 1. The molecule has 2 heterocycles. The van der Waals surface area contributed by atoms with Crippen LogP contribution in [0.15, 0.2) is 54.6 Å². The number of benzene rings is 3. The van der Waals surface area contributed by atoms with Gasteiger partial charge in [-0.3, -0.25) is 14.9 Å². The van der Waals surface area contributed by atoms with Gasteiger partial charge in [-0.2, -0.15) is 0 Å². The highest BCUT2D eigenvalue weighted by atomic mass is 35.5. The zero-order valence-corrected chi connectivity index (χ0v) is 24.1. The summed E-state index contributed by atoms with van der Waals surface area (Å²) in [4.78, 5) is 40.2. The van der Waals surface area contributed by atoms with E-state index < -0.39 is 40.6 Å². The maximum atomic E-state index is 16.0. The predicted molar refractivity (Wildman–Crippen MR) is 157 cm³/mol. The molecule has 11 heteroatoms. The van der Waals surface area contributed by atoms with E-state index in [1.54, 1.807) is 30.3 Å². The molecule has 2 spiro atoms.